The number of rotatable bonds is 6. The first-order chi connectivity index (χ1) is 14.7. The summed E-state index contributed by atoms with van der Waals surface area (Å²) in [5.41, 5.74) is 3.90. The van der Waals surface area contributed by atoms with Crippen molar-refractivity contribution in [2.45, 2.75) is 40.3 Å². The Hall–Kier alpha value is -2.83. The zero-order valence-electron chi connectivity index (χ0n) is 17.7. The minimum atomic E-state index is -1.02. The molecule has 1 amide bonds. The Kier molecular flexibility index (Phi) is 7.03. The standard InChI is InChI=1S/C23H23Cl2N3O3/c1-13-8-7-9-14(2)20(13)26-22(29)16(4)31-23(30)19-15(3)27-28(21(19)25)12-17-10-5-6-11-18(17)24/h5-11,16H,12H2,1-4H3,(H,26,29). The Labute approximate surface area is 191 Å². The molecule has 6 nitrogen and oxygen atoms in total. The van der Waals surface area contributed by atoms with Gasteiger partial charge in [0.1, 0.15) is 10.7 Å². The van der Waals surface area contributed by atoms with Crippen molar-refractivity contribution in [2.24, 2.45) is 0 Å². The molecule has 0 aliphatic rings. The van der Waals surface area contributed by atoms with Gasteiger partial charge in [0.15, 0.2) is 6.10 Å². The number of benzene rings is 2. The molecule has 0 fully saturated rings. The van der Waals surface area contributed by atoms with E-state index in [9.17, 15) is 9.59 Å². The maximum atomic E-state index is 12.8. The molecule has 0 spiro atoms. The third-order valence-electron chi connectivity index (χ3n) is 4.93. The maximum Gasteiger partial charge on any atom is 0.343 e. The van der Waals surface area contributed by atoms with Gasteiger partial charge in [0.25, 0.3) is 5.91 Å². The molecule has 0 aliphatic heterocycles. The third-order valence-corrected chi connectivity index (χ3v) is 5.68. The number of esters is 1. The van der Waals surface area contributed by atoms with Crippen molar-refractivity contribution in [3.8, 4) is 0 Å². The lowest BCUT2D eigenvalue weighted by Gasteiger charge is -2.16. The van der Waals surface area contributed by atoms with Crippen molar-refractivity contribution >= 4 is 40.8 Å². The molecular weight excluding hydrogens is 437 g/mol. The van der Waals surface area contributed by atoms with Gasteiger partial charge in [0.2, 0.25) is 0 Å². The van der Waals surface area contributed by atoms with E-state index in [0.29, 0.717) is 22.9 Å². The molecule has 8 heteroatoms. The van der Waals surface area contributed by atoms with Crippen LogP contribution in [0.4, 0.5) is 5.69 Å². The van der Waals surface area contributed by atoms with Crippen LogP contribution in [0.25, 0.3) is 0 Å². The van der Waals surface area contributed by atoms with Gasteiger partial charge >= 0.3 is 5.97 Å². The molecule has 0 bridgehead atoms. The number of aryl methyl sites for hydroxylation is 3. The monoisotopic (exact) mass is 459 g/mol. The molecule has 162 valence electrons. The lowest BCUT2D eigenvalue weighted by Crippen LogP contribution is -2.30. The second kappa shape index (κ2) is 9.54. The zero-order chi connectivity index (χ0) is 22.7. The summed E-state index contributed by atoms with van der Waals surface area (Å²) in [5.74, 6) is -1.14. The van der Waals surface area contributed by atoms with E-state index in [1.807, 2.05) is 50.2 Å². The van der Waals surface area contributed by atoms with Crippen LogP contribution in [0.15, 0.2) is 42.5 Å². The molecule has 0 aliphatic carbocycles. The predicted molar refractivity (Wildman–Crippen MR) is 122 cm³/mol. The van der Waals surface area contributed by atoms with Crippen LogP contribution >= 0.6 is 23.2 Å². The van der Waals surface area contributed by atoms with Gasteiger partial charge in [0.05, 0.1) is 12.2 Å². The van der Waals surface area contributed by atoms with E-state index in [1.54, 1.807) is 13.0 Å². The second-order valence-corrected chi connectivity index (χ2v) is 8.07. The fourth-order valence-electron chi connectivity index (χ4n) is 3.19. The number of nitrogens with zero attached hydrogens (tertiary/aromatic N) is 2. The molecule has 1 aromatic heterocycles. The lowest BCUT2D eigenvalue weighted by molar-refractivity contribution is -0.123. The van der Waals surface area contributed by atoms with Crippen molar-refractivity contribution in [3.63, 3.8) is 0 Å². The van der Waals surface area contributed by atoms with E-state index in [1.165, 1.54) is 11.6 Å². The van der Waals surface area contributed by atoms with E-state index in [0.717, 1.165) is 16.7 Å². The highest BCUT2D eigenvalue weighted by Crippen LogP contribution is 2.25. The number of nitrogens with one attached hydrogen (secondary N) is 1. The van der Waals surface area contributed by atoms with Gasteiger partial charge < -0.3 is 10.1 Å². The van der Waals surface area contributed by atoms with Crippen molar-refractivity contribution in [2.75, 3.05) is 5.32 Å². The number of anilines is 1. The lowest BCUT2D eigenvalue weighted by atomic mass is 10.1. The first kappa shape index (κ1) is 22.8. The number of hydrogen-bond acceptors (Lipinski definition) is 4. The van der Waals surface area contributed by atoms with Gasteiger partial charge in [0, 0.05) is 10.7 Å². The summed E-state index contributed by atoms with van der Waals surface area (Å²) in [7, 11) is 0. The fourth-order valence-corrected chi connectivity index (χ4v) is 3.69. The van der Waals surface area contributed by atoms with E-state index < -0.39 is 18.0 Å². The highest BCUT2D eigenvalue weighted by Gasteiger charge is 2.26. The van der Waals surface area contributed by atoms with Gasteiger partial charge in [-0.3, -0.25) is 4.79 Å². The largest absolute Gasteiger partial charge is 0.449 e. The molecule has 0 saturated heterocycles. The summed E-state index contributed by atoms with van der Waals surface area (Å²) in [4.78, 5) is 25.3. The van der Waals surface area contributed by atoms with Crippen molar-refractivity contribution in [1.29, 1.82) is 0 Å². The Bertz CT molecular complexity index is 1120. The maximum absolute atomic E-state index is 12.8. The Balaban J connectivity index is 1.73. The second-order valence-electron chi connectivity index (χ2n) is 7.30. The van der Waals surface area contributed by atoms with Crippen molar-refractivity contribution < 1.29 is 14.3 Å². The van der Waals surface area contributed by atoms with Crippen LogP contribution in [0, 0.1) is 20.8 Å². The minimum absolute atomic E-state index is 0.125. The van der Waals surface area contributed by atoms with Gasteiger partial charge in [-0.05, 0) is 50.5 Å². The third kappa shape index (κ3) is 5.09. The Morgan fingerprint density at radius 3 is 2.35 bits per heavy atom. The summed E-state index contributed by atoms with van der Waals surface area (Å²) >= 11 is 12.6. The molecule has 3 aromatic rings. The van der Waals surface area contributed by atoms with Gasteiger partial charge in [-0.15, -0.1) is 0 Å². The molecule has 1 N–H and O–H groups in total. The number of para-hydroxylation sites is 1. The van der Waals surface area contributed by atoms with E-state index in [4.69, 9.17) is 27.9 Å². The van der Waals surface area contributed by atoms with E-state index in [-0.39, 0.29) is 10.7 Å². The zero-order valence-corrected chi connectivity index (χ0v) is 19.2. The average molecular weight is 460 g/mol. The highest BCUT2D eigenvalue weighted by molar-refractivity contribution is 6.33. The van der Waals surface area contributed by atoms with Crippen LogP contribution in [0.3, 0.4) is 0 Å². The number of ether oxygens (including phenoxy) is 1. The number of carbonyl (C=O) groups is 2. The first-order valence-electron chi connectivity index (χ1n) is 9.73. The topological polar surface area (TPSA) is 73.2 Å². The Morgan fingerprint density at radius 2 is 1.71 bits per heavy atom. The van der Waals surface area contributed by atoms with Crippen LogP contribution in [-0.2, 0) is 16.1 Å². The predicted octanol–water partition coefficient (Wildman–Crippen LogP) is 5.35. The summed E-state index contributed by atoms with van der Waals surface area (Å²) < 4.78 is 6.87. The molecular formula is C23H23Cl2N3O3. The van der Waals surface area contributed by atoms with Crippen LogP contribution in [-0.4, -0.2) is 27.8 Å². The quantitative estimate of drug-likeness (QED) is 0.504. The van der Waals surface area contributed by atoms with E-state index >= 15 is 0 Å². The molecule has 3 rings (SSSR count). The summed E-state index contributed by atoms with van der Waals surface area (Å²) in [6.07, 6.45) is -1.02. The number of halogens is 2. The number of hydrogen-bond donors (Lipinski definition) is 1. The molecule has 0 saturated carbocycles. The molecule has 1 unspecified atom stereocenters. The minimum Gasteiger partial charge on any atom is -0.449 e. The van der Waals surface area contributed by atoms with Gasteiger partial charge in [-0.2, -0.15) is 5.10 Å². The van der Waals surface area contributed by atoms with Crippen molar-refractivity contribution in [3.05, 3.63) is 80.6 Å². The highest BCUT2D eigenvalue weighted by atomic mass is 35.5. The molecule has 31 heavy (non-hydrogen) atoms. The summed E-state index contributed by atoms with van der Waals surface area (Å²) in [6, 6.07) is 13.0. The molecule has 2 aromatic carbocycles. The van der Waals surface area contributed by atoms with Crippen LogP contribution in [0.2, 0.25) is 10.2 Å². The summed E-state index contributed by atoms with van der Waals surface area (Å²) in [6.45, 7) is 7.27. The number of carbonyl (C=O) groups excluding carboxylic acids is 2. The first-order valence-corrected chi connectivity index (χ1v) is 10.5. The normalized spacial score (nSPS) is 11.8. The SMILES string of the molecule is Cc1cccc(C)c1NC(=O)C(C)OC(=O)c1c(C)nn(Cc2ccccc2Cl)c1Cl. The fraction of sp³-hybridized carbons (Fsp3) is 0.261. The number of amides is 1. The summed E-state index contributed by atoms with van der Waals surface area (Å²) in [5, 5.41) is 7.87. The van der Waals surface area contributed by atoms with Crippen LogP contribution in [0.5, 0.6) is 0 Å². The van der Waals surface area contributed by atoms with Gasteiger partial charge in [-0.25, -0.2) is 9.48 Å². The van der Waals surface area contributed by atoms with Crippen LogP contribution < -0.4 is 5.32 Å². The Morgan fingerprint density at radius 1 is 1.06 bits per heavy atom. The number of aromatic nitrogens is 2. The molecule has 0 radical (unpaired) electrons. The molecule has 1 heterocycles. The van der Waals surface area contributed by atoms with Crippen molar-refractivity contribution in [1.82, 2.24) is 9.78 Å². The van der Waals surface area contributed by atoms with Gasteiger partial charge in [-0.1, -0.05) is 59.6 Å². The smallest absolute Gasteiger partial charge is 0.343 e. The average Bonchev–Trinajstić information content (AvgIpc) is 2.99. The molecule has 1 atom stereocenters. The van der Waals surface area contributed by atoms with Crippen LogP contribution in [0.1, 0.15) is 39.7 Å². The van der Waals surface area contributed by atoms with E-state index in [2.05, 4.69) is 10.4 Å².